The first kappa shape index (κ1) is 18.3. The van der Waals surface area contributed by atoms with E-state index in [9.17, 15) is 4.79 Å². The van der Waals surface area contributed by atoms with Gasteiger partial charge in [0.05, 0.1) is 11.3 Å². The van der Waals surface area contributed by atoms with Gasteiger partial charge in [-0.3, -0.25) is 4.79 Å². The van der Waals surface area contributed by atoms with Gasteiger partial charge in [-0.05, 0) is 44.5 Å². The average molecular weight is 353 g/mol. The van der Waals surface area contributed by atoms with Crippen LogP contribution in [0.3, 0.4) is 0 Å². The number of carbonyl (C=O) groups is 1. The van der Waals surface area contributed by atoms with E-state index in [-0.39, 0.29) is 5.91 Å². The number of benzene rings is 1. The van der Waals surface area contributed by atoms with Crippen molar-refractivity contribution in [2.75, 3.05) is 42.9 Å². The first-order chi connectivity index (χ1) is 12.5. The molecular formula is C20H27N5O. The van der Waals surface area contributed by atoms with E-state index in [0.717, 1.165) is 49.5 Å². The molecule has 138 valence electrons. The molecule has 2 heterocycles. The maximum absolute atomic E-state index is 12.7. The van der Waals surface area contributed by atoms with E-state index in [1.165, 1.54) is 0 Å². The number of aromatic nitrogens is 2. The number of anilines is 2. The monoisotopic (exact) mass is 353 g/mol. The predicted molar refractivity (Wildman–Crippen MR) is 105 cm³/mol. The van der Waals surface area contributed by atoms with E-state index in [4.69, 9.17) is 0 Å². The minimum Gasteiger partial charge on any atom is -0.338 e. The number of amides is 1. The highest BCUT2D eigenvalue weighted by Crippen LogP contribution is 2.20. The Bertz CT molecular complexity index is 797. The molecule has 0 bridgehead atoms. The second kappa shape index (κ2) is 7.83. The Morgan fingerprint density at radius 2 is 1.88 bits per heavy atom. The van der Waals surface area contributed by atoms with Gasteiger partial charge in [-0.25, -0.2) is 9.97 Å². The summed E-state index contributed by atoms with van der Waals surface area (Å²) in [5.74, 6) is 0.542. The molecule has 6 heteroatoms. The van der Waals surface area contributed by atoms with Gasteiger partial charge in [0.2, 0.25) is 5.95 Å². The summed E-state index contributed by atoms with van der Waals surface area (Å²) in [5.41, 5.74) is 4.27. The number of carbonyl (C=O) groups excluding carboxylic acids is 1. The van der Waals surface area contributed by atoms with Crippen LogP contribution < -0.4 is 10.2 Å². The fourth-order valence-corrected chi connectivity index (χ4v) is 3.17. The Balaban J connectivity index is 1.73. The van der Waals surface area contributed by atoms with Crippen LogP contribution in [0.25, 0.3) is 0 Å². The van der Waals surface area contributed by atoms with Gasteiger partial charge in [-0.2, -0.15) is 0 Å². The molecule has 1 aliphatic rings. The molecule has 2 aromatic rings. The van der Waals surface area contributed by atoms with Crippen molar-refractivity contribution in [3.8, 4) is 0 Å². The summed E-state index contributed by atoms with van der Waals surface area (Å²) < 4.78 is 0. The van der Waals surface area contributed by atoms with Gasteiger partial charge in [0, 0.05) is 38.1 Å². The minimum absolute atomic E-state index is 0.168. The van der Waals surface area contributed by atoms with Crippen molar-refractivity contribution in [2.24, 2.45) is 0 Å². The number of aryl methyl sites for hydroxylation is 2. The number of nitrogens with zero attached hydrogens (tertiary/aromatic N) is 4. The van der Waals surface area contributed by atoms with Crippen molar-refractivity contribution in [1.29, 1.82) is 0 Å². The summed E-state index contributed by atoms with van der Waals surface area (Å²) in [6, 6.07) is 5.89. The molecular weight excluding hydrogens is 326 g/mol. The van der Waals surface area contributed by atoms with Crippen molar-refractivity contribution in [1.82, 2.24) is 14.9 Å². The van der Waals surface area contributed by atoms with E-state index in [1.54, 1.807) is 6.20 Å². The van der Waals surface area contributed by atoms with E-state index >= 15 is 0 Å². The molecule has 3 rings (SSSR count). The van der Waals surface area contributed by atoms with Crippen LogP contribution in [0.15, 0.2) is 24.4 Å². The van der Waals surface area contributed by atoms with Crippen LogP contribution in [0, 0.1) is 20.8 Å². The Labute approximate surface area is 155 Å². The van der Waals surface area contributed by atoms with Gasteiger partial charge in [-0.15, -0.1) is 0 Å². The molecule has 1 N–H and O–H groups in total. The third-order valence-corrected chi connectivity index (χ3v) is 5.17. The van der Waals surface area contributed by atoms with Gasteiger partial charge in [-0.1, -0.05) is 19.1 Å². The first-order valence-corrected chi connectivity index (χ1v) is 9.18. The maximum Gasteiger partial charge on any atom is 0.259 e. The number of rotatable bonds is 4. The number of nitrogens with one attached hydrogen (secondary N) is 1. The number of likely N-dealkylation sites (N-methyl/N-ethyl adjacent to an activating group) is 1. The lowest BCUT2D eigenvalue weighted by Gasteiger charge is -2.34. The van der Waals surface area contributed by atoms with Crippen LogP contribution >= 0.6 is 0 Å². The van der Waals surface area contributed by atoms with Crippen LogP contribution in [-0.2, 0) is 0 Å². The standard InChI is InChI=1S/C20H27N5O/c1-5-24-9-11-25(12-10-24)20-21-13-17(16(4)22-20)19(26)23-18-8-6-7-14(2)15(18)3/h6-8,13H,5,9-12H2,1-4H3,(H,23,26). The Morgan fingerprint density at radius 1 is 1.15 bits per heavy atom. The average Bonchev–Trinajstić information content (AvgIpc) is 2.65. The molecule has 0 radical (unpaired) electrons. The topological polar surface area (TPSA) is 61.4 Å². The molecule has 26 heavy (non-hydrogen) atoms. The maximum atomic E-state index is 12.7. The fourth-order valence-electron chi connectivity index (χ4n) is 3.17. The molecule has 0 atom stereocenters. The molecule has 0 unspecified atom stereocenters. The van der Waals surface area contributed by atoms with Crippen LogP contribution in [0.4, 0.5) is 11.6 Å². The smallest absolute Gasteiger partial charge is 0.259 e. The highest BCUT2D eigenvalue weighted by atomic mass is 16.1. The largest absolute Gasteiger partial charge is 0.338 e. The van der Waals surface area contributed by atoms with Crippen LogP contribution in [0.1, 0.15) is 34.1 Å². The molecule has 1 aromatic heterocycles. The third-order valence-electron chi connectivity index (χ3n) is 5.17. The molecule has 1 aromatic carbocycles. The molecule has 1 amide bonds. The molecule has 0 saturated carbocycles. The predicted octanol–water partition coefficient (Wildman–Crippen LogP) is 2.80. The molecule has 1 saturated heterocycles. The summed E-state index contributed by atoms with van der Waals surface area (Å²) in [7, 11) is 0. The molecule has 6 nitrogen and oxygen atoms in total. The summed E-state index contributed by atoms with van der Waals surface area (Å²) in [6.07, 6.45) is 1.64. The molecule has 1 aliphatic heterocycles. The van der Waals surface area contributed by atoms with Crippen molar-refractivity contribution < 1.29 is 4.79 Å². The van der Waals surface area contributed by atoms with Gasteiger partial charge < -0.3 is 15.1 Å². The third kappa shape index (κ3) is 3.85. The van der Waals surface area contributed by atoms with E-state index in [1.807, 2.05) is 39.0 Å². The zero-order valence-electron chi connectivity index (χ0n) is 16.0. The summed E-state index contributed by atoms with van der Waals surface area (Å²) >= 11 is 0. The zero-order valence-corrected chi connectivity index (χ0v) is 16.0. The Morgan fingerprint density at radius 3 is 2.54 bits per heavy atom. The van der Waals surface area contributed by atoms with E-state index < -0.39 is 0 Å². The number of hydrogen-bond acceptors (Lipinski definition) is 5. The quantitative estimate of drug-likeness (QED) is 0.916. The van der Waals surface area contributed by atoms with E-state index in [2.05, 4.69) is 32.0 Å². The van der Waals surface area contributed by atoms with Crippen molar-refractivity contribution in [2.45, 2.75) is 27.7 Å². The molecule has 0 aliphatic carbocycles. The van der Waals surface area contributed by atoms with Crippen molar-refractivity contribution in [3.63, 3.8) is 0 Å². The van der Waals surface area contributed by atoms with Gasteiger partial charge in [0.15, 0.2) is 0 Å². The summed E-state index contributed by atoms with van der Waals surface area (Å²) in [5, 5.41) is 2.98. The van der Waals surface area contributed by atoms with Crippen molar-refractivity contribution in [3.05, 3.63) is 46.8 Å². The fraction of sp³-hybridized carbons (Fsp3) is 0.450. The summed E-state index contributed by atoms with van der Waals surface area (Å²) in [6.45, 7) is 13.0. The zero-order chi connectivity index (χ0) is 18.7. The summed E-state index contributed by atoms with van der Waals surface area (Å²) in [4.78, 5) is 26.3. The number of hydrogen-bond donors (Lipinski definition) is 1. The lowest BCUT2D eigenvalue weighted by Crippen LogP contribution is -2.46. The first-order valence-electron chi connectivity index (χ1n) is 9.18. The highest BCUT2D eigenvalue weighted by molar-refractivity contribution is 6.05. The minimum atomic E-state index is -0.168. The molecule has 0 spiro atoms. The van der Waals surface area contributed by atoms with Crippen molar-refractivity contribution >= 4 is 17.5 Å². The van der Waals surface area contributed by atoms with Gasteiger partial charge in [0.1, 0.15) is 0 Å². The van der Waals surface area contributed by atoms with Gasteiger partial charge >= 0.3 is 0 Å². The Kier molecular flexibility index (Phi) is 5.52. The normalized spacial score (nSPS) is 15.2. The van der Waals surface area contributed by atoms with Crippen LogP contribution in [0.5, 0.6) is 0 Å². The molecule has 1 fully saturated rings. The van der Waals surface area contributed by atoms with Crippen LogP contribution in [0.2, 0.25) is 0 Å². The highest BCUT2D eigenvalue weighted by Gasteiger charge is 2.20. The van der Waals surface area contributed by atoms with Gasteiger partial charge in [0.25, 0.3) is 5.91 Å². The van der Waals surface area contributed by atoms with E-state index in [0.29, 0.717) is 17.2 Å². The lowest BCUT2D eigenvalue weighted by molar-refractivity contribution is 0.102. The Hall–Kier alpha value is -2.47. The SMILES string of the molecule is CCN1CCN(c2ncc(C(=O)Nc3cccc(C)c3C)c(C)n2)CC1. The second-order valence-corrected chi connectivity index (χ2v) is 6.79. The van der Waals surface area contributed by atoms with Crippen LogP contribution in [-0.4, -0.2) is 53.5 Å². The lowest BCUT2D eigenvalue weighted by atomic mass is 10.1. The second-order valence-electron chi connectivity index (χ2n) is 6.79. The number of piperazine rings is 1.